The van der Waals surface area contributed by atoms with Crippen LogP contribution >= 0.6 is 11.6 Å². The molecular formula is C31H38BClN5O4Si. The van der Waals surface area contributed by atoms with Crippen LogP contribution in [0.3, 0.4) is 0 Å². The third kappa shape index (κ3) is 7.21. The van der Waals surface area contributed by atoms with Crippen LogP contribution in [-0.2, 0) is 19.4 Å². The summed E-state index contributed by atoms with van der Waals surface area (Å²) in [5.74, 6) is 0.930. The van der Waals surface area contributed by atoms with Gasteiger partial charge >= 0.3 is 7.41 Å². The third-order valence-corrected chi connectivity index (χ3v) is 12.9. The Morgan fingerprint density at radius 3 is 2.67 bits per heavy atom. The van der Waals surface area contributed by atoms with Crippen molar-refractivity contribution >= 4 is 50.8 Å². The van der Waals surface area contributed by atoms with Crippen molar-refractivity contribution < 1.29 is 18.7 Å². The summed E-state index contributed by atoms with van der Waals surface area (Å²) in [6.07, 6.45) is 2.41. The van der Waals surface area contributed by atoms with Crippen molar-refractivity contribution in [2.24, 2.45) is 0 Å². The molecule has 0 saturated heterocycles. The van der Waals surface area contributed by atoms with E-state index in [1.165, 1.54) is 7.41 Å². The Labute approximate surface area is 260 Å². The van der Waals surface area contributed by atoms with Gasteiger partial charge in [-0.1, -0.05) is 39.3 Å². The summed E-state index contributed by atoms with van der Waals surface area (Å²) in [7, 11) is 1.04. The molecule has 1 radical (unpaired) electrons. The Morgan fingerprint density at radius 2 is 2.00 bits per heavy atom. The fourth-order valence-corrected chi connectivity index (χ4v) is 6.00. The van der Waals surface area contributed by atoms with Gasteiger partial charge in [0.05, 0.1) is 23.6 Å². The maximum atomic E-state index is 11.6. The molecule has 1 aromatic heterocycles. The Kier molecular flexibility index (Phi) is 9.87. The van der Waals surface area contributed by atoms with Gasteiger partial charge in [-0.15, -0.1) is 0 Å². The Hall–Kier alpha value is -3.43. The number of nitrogens with one attached hydrogen (secondary N) is 1. The van der Waals surface area contributed by atoms with E-state index < -0.39 is 13.7 Å². The third-order valence-electron chi connectivity index (χ3n) is 8.17. The van der Waals surface area contributed by atoms with Gasteiger partial charge in [-0.25, -0.2) is 9.97 Å². The number of anilines is 3. The summed E-state index contributed by atoms with van der Waals surface area (Å²) in [6.45, 7) is 15.0. The fourth-order valence-electron chi connectivity index (χ4n) is 4.72. The minimum atomic E-state index is -2.06. The smallest absolute Gasteiger partial charge is 0.329 e. The number of methoxy groups -OCH3 is 1. The minimum absolute atomic E-state index is 0.0427. The standard InChI is InChI=1S/C31H38BClN5O4Si/c1-30(2,3)43(6,7)42-19-31(4)18-38(32-20-39)28-22(17-34)14-21(15-24(28)31)25-10-11-35-29(36-25)37-26-16-23(33)8-9-27(26)41-13-12-40-5/h8-11,14-16,20H,12-13,18-19H2,1-7H3,(H,35,36,37)/t31-/m1/s1. The molecule has 0 unspecified atom stereocenters. The number of carbonyl (C=O) groups is 1. The summed E-state index contributed by atoms with van der Waals surface area (Å²) in [5.41, 5.74) is 3.66. The highest BCUT2D eigenvalue weighted by Crippen LogP contribution is 2.46. The summed E-state index contributed by atoms with van der Waals surface area (Å²) < 4.78 is 17.6. The number of carbonyl (C=O) groups excluding carboxylic acids is 1. The lowest BCUT2D eigenvalue weighted by Gasteiger charge is -2.39. The number of halogens is 1. The molecule has 0 fully saturated rings. The first-order valence-corrected chi connectivity index (χ1v) is 17.4. The van der Waals surface area contributed by atoms with Gasteiger partial charge in [-0.2, -0.15) is 5.26 Å². The van der Waals surface area contributed by atoms with Gasteiger partial charge in [0.25, 0.3) is 0 Å². The number of hydrogen-bond donors (Lipinski definition) is 1. The van der Waals surface area contributed by atoms with Gasteiger partial charge in [0.1, 0.15) is 24.6 Å². The monoisotopic (exact) mass is 618 g/mol. The molecule has 3 aromatic rings. The highest BCUT2D eigenvalue weighted by Gasteiger charge is 2.44. The molecule has 1 N–H and O–H groups in total. The number of ether oxygens (including phenoxy) is 2. The first-order chi connectivity index (χ1) is 20.3. The number of nitrogens with zero attached hydrogens (tertiary/aromatic N) is 4. The Morgan fingerprint density at radius 1 is 1.23 bits per heavy atom. The van der Waals surface area contributed by atoms with Gasteiger partial charge < -0.3 is 28.8 Å². The van der Waals surface area contributed by atoms with E-state index in [-0.39, 0.29) is 5.04 Å². The maximum absolute atomic E-state index is 11.6. The van der Waals surface area contributed by atoms with Gasteiger partial charge in [0.15, 0.2) is 8.32 Å². The van der Waals surface area contributed by atoms with Crippen molar-refractivity contribution in [3.05, 3.63) is 58.7 Å². The molecule has 0 amide bonds. The second kappa shape index (κ2) is 13.1. The highest BCUT2D eigenvalue weighted by molar-refractivity contribution is 6.74. The summed E-state index contributed by atoms with van der Waals surface area (Å²) in [5, 5.41) is 14.0. The van der Waals surface area contributed by atoms with E-state index >= 15 is 0 Å². The van der Waals surface area contributed by atoms with Crippen molar-refractivity contribution in [1.82, 2.24) is 9.97 Å². The van der Waals surface area contributed by atoms with Crippen LogP contribution in [-0.4, -0.2) is 65.4 Å². The Bertz CT molecular complexity index is 1530. The van der Waals surface area contributed by atoms with Crippen LogP contribution in [0, 0.1) is 11.3 Å². The Balaban J connectivity index is 1.72. The zero-order chi connectivity index (χ0) is 31.4. The number of fused-ring (bicyclic) bond motifs is 1. The first-order valence-electron chi connectivity index (χ1n) is 14.1. The minimum Gasteiger partial charge on any atom is -0.489 e. The van der Waals surface area contributed by atoms with Crippen LogP contribution in [0.4, 0.5) is 17.3 Å². The molecule has 0 saturated carbocycles. The predicted octanol–water partition coefficient (Wildman–Crippen LogP) is 6.35. The van der Waals surface area contributed by atoms with Gasteiger partial charge in [0.2, 0.25) is 5.95 Å². The number of rotatable bonds is 12. The number of hydrogen-bond acceptors (Lipinski definition) is 9. The number of aromatic nitrogens is 2. The van der Waals surface area contributed by atoms with Gasteiger partial charge in [0, 0.05) is 48.1 Å². The largest absolute Gasteiger partial charge is 0.489 e. The SMILES string of the molecule is COCCOc1ccc(Cl)cc1Nc1nccc(-c2cc(C#N)c3c(c2)[C@@](C)(CO[Si](C)(C)C(C)(C)C)CN3[B]C=O)n1. The lowest BCUT2D eigenvalue weighted by atomic mass is 9.83. The lowest BCUT2D eigenvalue weighted by molar-refractivity contribution is 0.146. The molecule has 12 heteroatoms. The van der Waals surface area contributed by atoms with Crippen LogP contribution in [0.5, 0.6) is 5.75 Å². The second-order valence-corrected chi connectivity index (χ2v) is 17.7. The van der Waals surface area contributed by atoms with Crippen molar-refractivity contribution in [2.75, 3.05) is 43.6 Å². The van der Waals surface area contributed by atoms with E-state index in [0.717, 1.165) is 23.0 Å². The summed E-state index contributed by atoms with van der Waals surface area (Å²) >= 11 is 6.27. The summed E-state index contributed by atoms with van der Waals surface area (Å²) in [6, 6.07) is 13.3. The van der Waals surface area contributed by atoms with E-state index in [0.29, 0.717) is 60.0 Å². The van der Waals surface area contributed by atoms with Crippen LogP contribution in [0.25, 0.3) is 11.3 Å². The topological polar surface area (TPSA) is 110 Å². The number of benzene rings is 2. The summed E-state index contributed by atoms with van der Waals surface area (Å²) in [4.78, 5) is 22.6. The zero-order valence-electron chi connectivity index (χ0n) is 25.8. The van der Waals surface area contributed by atoms with Gasteiger partial charge in [-0.3, -0.25) is 0 Å². The van der Waals surface area contributed by atoms with Crippen LogP contribution in [0.1, 0.15) is 38.8 Å². The van der Waals surface area contributed by atoms with Crippen molar-refractivity contribution in [3.63, 3.8) is 0 Å². The molecule has 1 aliphatic rings. The molecule has 225 valence electrons. The molecule has 2 heterocycles. The molecule has 1 aliphatic heterocycles. The van der Waals surface area contributed by atoms with Crippen LogP contribution in [0.2, 0.25) is 23.2 Å². The molecule has 4 rings (SSSR count). The molecular weight excluding hydrogens is 581 g/mol. The van der Waals surface area contributed by atoms with E-state index in [9.17, 15) is 10.1 Å². The fraction of sp³-hybridized carbons (Fsp3) is 0.419. The lowest BCUT2D eigenvalue weighted by Crippen LogP contribution is -2.46. The van der Waals surface area contributed by atoms with E-state index in [2.05, 4.69) is 63.2 Å². The average molecular weight is 619 g/mol. The molecule has 0 spiro atoms. The van der Waals surface area contributed by atoms with Crippen molar-refractivity contribution in [2.45, 2.75) is 51.2 Å². The second-order valence-electron chi connectivity index (χ2n) is 12.4. The molecule has 0 bridgehead atoms. The highest BCUT2D eigenvalue weighted by atomic mass is 35.5. The van der Waals surface area contributed by atoms with Crippen LogP contribution in [0.15, 0.2) is 42.6 Å². The van der Waals surface area contributed by atoms with Crippen molar-refractivity contribution in [1.29, 1.82) is 5.26 Å². The molecule has 43 heavy (non-hydrogen) atoms. The van der Waals surface area contributed by atoms with Crippen LogP contribution < -0.4 is 14.9 Å². The molecule has 0 aliphatic carbocycles. The van der Waals surface area contributed by atoms with E-state index in [1.54, 1.807) is 43.6 Å². The van der Waals surface area contributed by atoms with Gasteiger partial charge in [-0.05, 0) is 60.1 Å². The zero-order valence-corrected chi connectivity index (χ0v) is 27.6. The van der Waals surface area contributed by atoms with E-state index in [4.69, 9.17) is 30.5 Å². The van der Waals surface area contributed by atoms with E-state index in [1.807, 2.05) is 4.81 Å². The molecule has 9 nitrogen and oxygen atoms in total. The first kappa shape index (κ1) is 32.5. The number of nitriles is 1. The van der Waals surface area contributed by atoms with Crippen molar-refractivity contribution in [3.8, 4) is 23.1 Å². The normalized spacial score (nSPS) is 16.4. The maximum Gasteiger partial charge on any atom is 0.329 e. The average Bonchev–Trinajstić information content (AvgIpc) is 3.24. The molecule has 2 aromatic carbocycles. The quantitative estimate of drug-likeness (QED) is 0.141. The predicted molar refractivity (Wildman–Crippen MR) is 175 cm³/mol. The molecule has 1 atom stereocenters.